The molecule has 0 heterocycles. The molecule has 2 atom stereocenters. The van der Waals surface area contributed by atoms with E-state index in [0.717, 1.165) is 17.5 Å². The quantitative estimate of drug-likeness (QED) is 0.609. The summed E-state index contributed by atoms with van der Waals surface area (Å²) in [7, 11) is 0. The lowest BCUT2D eigenvalue weighted by molar-refractivity contribution is 0.231. The summed E-state index contributed by atoms with van der Waals surface area (Å²) in [6.45, 7) is 6.57. The van der Waals surface area contributed by atoms with Crippen molar-refractivity contribution < 1.29 is 0 Å². The van der Waals surface area contributed by atoms with Crippen molar-refractivity contribution in [2.75, 3.05) is 0 Å². The molecule has 0 aromatic heterocycles. The number of rotatable bonds is 2. The maximum absolute atomic E-state index is 7.71. The number of hydrogen-bond acceptors (Lipinski definition) is 1. The van der Waals surface area contributed by atoms with Gasteiger partial charge in [-0.2, -0.15) is 0 Å². The van der Waals surface area contributed by atoms with Crippen molar-refractivity contribution in [3.63, 3.8) is 0 Å². The summed E-state index contributed by atoms with van der Waals surface area (Å²) in [6.07, 6.45) is 5.33. The zero-order valence-electron chi connectivity index (χ0n) is 8.56. The van der Waals surface area contributed by atoms with Gasteiger partial charge in [0, 0.05) is 5.71 Å². The minimum atomic E-state index is 0.596. The smallest absolute Gasteiger partial charge is 0.00919 e. The van der Waals surface area contributed by atoms with E-state index in [-0.39, 0.29) is 0 Å². The third-order valence-corrected chi connectivity index (χ3v) is 3.23. The second-order valence-corrected chi connectivity index (χ2v) is 4.48. The van der Waals surface area contributed by atoms with E-state index in [4.69, 9.17) is 5.41 Å². The fraction of sp³-hybridized carbons (Fsp3) is 0.909. The lowest BCUT2D eigenvalue weighted by atomic mass is 9.72. The third kappa shape index (κ3) is 2.09. The maximum atomic E-state index is 7.71. The van der Waals surface area contributed by atoms with Gasteiger partial charge >= 0.3 is 0 Å². The highest BCUT2D eigenvalue weighted by atomic mass is 14.5. The van der Waals surface area contributed by atoms with Gasteiger partial charge in [-0.05, 0) is 37.5 Å². The van der Waals surface area contributed by atoms with Crippen LogP contribution in [0.1, 0.15) is 46.5 Å². The van der Waals surface area contributed by atoms with Gasteiger partial charge in [0.2, 0.25) is 0 Å². The summed E-state index contributed by atoms with van der Waals surface area (Å²) in [4.78, 5) is 0. The van der Waals surface area contributed by atoms with Crippen LogP contribution in [-0.2, 0) is 0 Å². The van der Waals surface area contributed by atoms with Gasteiger partial charge < -0.3 is 5.41 Å². The lowest BCUT2D eigenvalue weighted by Crippen LogP contribution is -2.28. The van der Waals surface area contributed by atoms with E-state index < -0.39 is 0 Å². The molecule has 0 radical (unpaired) electrons. The van der Waals surface area contributed by atoms with Crippen LogP contribution in [-0.4, -0.2) is 5.71 Å². The van der Waals surface area contributed by atoms with Crippen LogP contribution in [0.2, 0.25) is 0 Å². The molecule has 2 unspecified atom stereocenters. The topological polar surface area (TPSA) is 23.9 Å². The first kappa shape index (κ1) is 9.76. The first-order chi connectivity index (χ1) is 5.63. The van der Waals surface area contributed by atoms with Gasteiger partial charge in [-0.3, -0.25) is 0 Å². The monoisotopic (exact) mass is 167 g/mol. The molecule has 0 spiro atoms. The number of nitrogens with one attached hydrogen (secondary N) is 1. The molecular weight excluding hydrogens is 146 g/mol. The number of hydrogen-bond donors (Lipinski definition) is 1. The average molecular weight is 167 g/mol. The Morgan fingerprint density at radius 1 is 1.25 bits per heavy atom. The van der Waals surface area contributed by atoms with Crippen LogP contribution < -0.4 is 0 Å². The van der Waals surface area contributed by atoms with Crippen molar-refractivity contribution in [3.05, 3.63) is 0 Å². The van der Waals surface area contributed by atoms with E-state index >= 15 is 0 Å². The largest absolute Gasteiger partial charge is 0.310 e. The van der Waals surface area contributed by atoms with Crippen molar-refractivity contribution in [2.45, 2.75) is 46.5 Å². The SMILES string of the molecule is CC(=N)C1CCCCC1C(C)C. The Hall–Kier alpha value is -0.330. The molecule has 1 fully saturated rings. The van der Waals surface area contributed by atoms with Crippen LogP contribution in [0.3, 0.4) is 0 Å². The Morgan fingerprint density at radius 3 is 2.25 bits per heavy atom. The molecule has 70 valence electrons. The molecule has 1 N–H and O–H groups in total. The highest BCUT2D eigenvalue weighted by molar-refractivity contribution is 5.81. The average Bonchev–Trinajstić information content (AvgIpc) is 2.04. The minimum absolute atomic E-state index is 0.596. The van der Waals surface area contributed by atoms with Crippen LogP contribution >= 0.6 is 0 Å². The fourth-order valence-corrected chi connectivity index (χ4v) is 2.50. The second kappa shape index (κ2) is 4.06. The van der Waals surface area contributed by atoms with Crippen molar-refractivity contribution in [3.8, 4) is 0 Å². The Bertz CT molecular complexity index is 160. The van der Waals surface area contributed by atoms with E-state index in [1.54, 1.807) is 0 Å². The molecule has 0 aromatic carbocycles. The van der Waals surface area contributed by atoms with Crippen LogP contribution in [0.25, 0.3) is 0 Å². The molecule has 1 nitrogen and oxygen atoms in total. The Kier molecular flexibility index (Phi) is 3.30. The van der Waals surface area contributed by atoms with E-state index in [0.29, 0.717) is 5.92 Å². The molecule has 0 saturated heterocycles. The normalized spacial score (nSPS) is 30.7. The predicted octanol–water partition coefficient (Wildman–Crippen LogP) is 3.49. The van der Waals surface area contributed by atoms with E-state index in [9.17, 15) is 0 Å². The van der Waals surface area contributed by atoms with Gasteiger partial charge in [0.15, 0.2) is 0 Å². The summed E-state index contributed by atoms with van der Waals surface area (Å²) in [5, 5.41) is 7.71. The van der Waals surface area contributed by atoms with Crippen LogP contribution in [0, 0.1) is 23.2 Å². The summed E-state index contributed by atoms with van der Waals surface area (Å²) in [5.74, 6) is 2.14. The van der Waals surface area contributed by atoms with Crippen LogP contribution in [0.15, 0.2) is 0 Å². The molecule has 1 aliphatic rings. The van der Waals surface area contributed by atoms with Crippen molar-refractivity contribution >= 4 is 5.71 Å². The van der Waals surface area contributed by atoms with Gasteiger partial charge in [0.25, 0.3) is 0 Å². The minimum Gasteiger partial charge on any atom is -0.310 e. The summed E-state index contributed by atoms with van der Waals surface area (Å²) in [5.41, 5.74) is 0.911. The summed E-state index contributed by atoms with van der Waals surface area (Å²) >= 11 is 0. The maximum Gasteiger partial charge on any atom is 0.00919 e. The molecule has 0 amide bonds. The molecule has 0 aromatic rings. The van der Waals surface area contributed by atoms with Crippen molar-refractivity contribution in [2.24, 2.45) is 17.8 Å². The molecule has 1 rings (SSSR count). The molecule has 1 saturated carbocycles. The summed E-state index contributed by atoms with van der Waals surface area (Å²) in [6, 6.07) is 0. The molecular formula is C11H21N. The zero-order chi connectivity index (χ0) is 9.14. The molecule has 1 heteroatoms. The van der Waals surface area contributed by atoms with Gasteiger partial charge in [0.05, 0.1) is 0 Å². The Morgan fingerprint density at radius 2 is 1.83 bits per heavy atom. The molecule has 0 bridgehead atoms. The lowest BCUT2D eigenvalue weighted by Gasteiger charge is -2.33. The predicted molar refractivity (Wildman–Crippen MR) is 53.7 cm³/mol. The second-order valence-electron chi connectivity index (χ2n) is 4.48. The molecule has 1 aliphatic carbocycles. The highest BCUT2D eigenvalue weighted by Crippen LogP contribution is 2.35. The van der Waals surface area contributed by atoms with Gasteiger partial charge in [-0.1, -0.05) is 26.7 Å². The van der Waals surface area contributed by atoms with Gasteiger partial charge in [-0.15, -0.1) is 0 Å². The van der Waals surface area contributed by atoms with Gasteiger partial charge in [0.1, 0.15) is 0 Å². The van der Waals surface area contributed by atoms with Gasteiger partial charge in [-0.25, -0.2) is 0 Å². The fourth-order valence-electron chi connectivity index (χ4n) is 2.50. The highest BCUT2D eigenvalue weighted by Gasteiger charge is 2.28. The third-order valence-electron chi connectivity index (χ3n) is 3.23. The molecule has 0 aliphatic heterocycles. The molecule has 12 heavy (non-hydrogen) atoms. The van der Waals surface area contributed by atoms with Crippen LogP contribution in [0.5, 0.6) is 0 Å². The van der Waals surface area contributed by atoms with E-state index in [2.05, 4.69) is 13.8 Å². The first-order valence-corrected chi connectivity index (χ1v) is 5.18. The standard InChI is InChI=1S/C11H21N/c1-8(2)10-6-4-5-7-11(10)9(3)12/h8,10-12H,4-7H2,1-3H3. The Labute approximate surface area is 76.1 Å². The van der Waals surface area contributed by atoms with Crippen molar-refractivity contribution in [1.29, 1.82) is 5.41 Å². The van der Waals surface area contributed by atoms with E-state index in [1.165, 1.54) is 25.7 Å². The zero-order valence-corrected chi connectivity index (χ0v) is 8.56. The van der Waals surface area contributed by atoms with Crippen molar-refractivity contribution in [1.82, 2.24) is 0 Å². The van der Waals surface area contributed by atoms with Crippen LogP contribution in [0.4, 0.5) is 0 Å². The Balaban J connectivity index is 2.60. The van der Waals surface area contributed by atoms with E-state index in [1.807, 2.05) is 6.92 Å². The first-order valence-electron chi connectivity index (χ1n) is 5.18. The summed E-state index contributed by atoms with van der Waals surface area (Å²) < 4.78 is 0.